The van der Waals surface area contributed by atoms with E-state index in [1.807, 2.05) is 19.1 Å². The van der Waals surface area contributed by atoms with Crippen molar-refractivity contribution >= 4 is 11.9 Å². The predicted molar refractivity (Wildman–Crippen MR) is 70.6 cm³/mol. The molecule has 1 amide bonds. The first kappa shape index (κ1) is 15.3. The standard InChI is InChI=1S/C14H21NO4/c1-5-12(14(17)18-4)13(16)15(3)9-8-11-7-6-10(2)19-11/h6-7,12H,5,8-9H2,1-4H3. The Hall–Kier alpha value is -1.78. The Balaban J connectivity index is 2.54. The second kappa shape index (κ2) is 6.97. The summed E-state index contributed by atoms with van der Waals surface area (Å²) in [6.45, 7) is 4.19. The molecule has 0 aromatic carbocycles. The summed E-state index contributed by atoms with van der Waals surface area (Å²) >= 11 is 0. The molecule has 1 heterocycles. The van der Waals surface area contributed by atoms with Gasteiger partial charge < -0.3 is 14.1 Å². The number of furan rings is 1. The average molecular weight is 267 g/mol. The highest BCUT2D eigenvalue weighted by Crippen LogP contribution is 2.11. The van der Waals surface area contributed by atoms with Gasteiger partial charge in [-0.05, 0) is 25.5 Å². The number of likely N-dealkylation sites (N-methyl/N-ethyl adjacent to an activating group) is 1. The highest BCUT2D eigenvalue weighted by molar-refractivity contribution is 5.97. The van der Waals surface area contributed by atoms with Crippen LogP contribution in [0.5, 0.6) is 0 Å². The summed E-state index contributed by atoms with van der Waals surface area (Å²) in [5.41, 5.74) is 0. The number of hydrogen-bond donors (Lipinski definition) is 0. The van der Waals surface area contributed by atoms with E-state index in [2.05, 4.69) is 4.74 Å². The van der Waals surface area contributed by atoms with E-state index >= 15 is 0 Å². The van der Waals surface area contributed by atoms with E-state index in [0.717, 1.165) is 11.5 Å². The van der Waals surface area contributed by atoms with Gasteiger partial charge in [0.1, 0.15) is 17.4 Å². The van der Waals surface area contributed by atoms with Crippen molar-refractivity contribution in [3.63, 3.8) is 0 Å². The zero-order chi connectivity index (χ0) is 14.4. The van der Waals surface area contributed by atoms with Gasteiger partial charge in [-0.3, -0.25) is 9.59 Å². The quantitative estimate of drug-likeness (QED) is 0.582. The first-order valence-electron chi connectivity index (χ1n) is 6.37. The molecule has 0 aliphatic rings. The fourth-order valence-corrected chi connectivity index (χ4v) is 1.86. The lowest BCUT2D eigenvalue weighted by molar-refractivity contribution is -0.153. The Morgan fingerprint density at radius 3 is 2.58 bits per heavy atom. The maximum Gasteiger partial charge on any atom is 0.318 e. The fraction of sp³-hybridized carbons (Fsp3) is 0.571. The van der Waals surface area contributed by atoms with Crippen LogP contribution in [0.1, 0.15) is 24.9 Å². The molecule has 0 fully saturated rings. The van der Waals surface area contributed by atoms with E-state index in [0.29, 0.717) is 19.4 Å². The van der Waals surface area contributed by atoms with Crippen LogP contribution in [-0.2, 0) is 20.7 Å². The molecule has 0 saturated heterocycles. The van der Waals surface area contributed by atoms with Crippen molar-refractivity contribution in [3.05, 3.63) is 23.7 Å². The van der Waals surface area contributed by atoms with Crippen LogP contribution < -0.4 is 0 Å². The number of aryl methyl sites for hydroxylation is 1. The Morgan fingerprint density at radius 2 is 2.11 bits per heavy atom. The van der Waals surface area contributed by atoms with Crippen LogP contribution in [0.15, 0.2) is 16.5 Å². The number of hydrogen-bond acceptors (Lipinski definition) is 4. The van der Waals surface area contributed by atoms with Crippen molar-refractivity contribution in [2.24, 2.45) is 5.92 Å². The number of nitrogens with zero attached hydrogens (tertiary/aromatic N) is 1. The van der Waals surface area contributed by atoms with Crippen molar-refractivity contribution in [1.82, 2.24) is 4.90 Å². The Morgan fingerprint density at radius 1 is 1.42 bits per heavy atom. The van der Waals surface area contributed by atoms with Crippen molar-refractivity contribution in [2.75, 3.05) is 20.7 Å². The number of methoxy groups -OCH3 is 1. The molecular formula is C14H21NO4. The van der Waals surface area contributed by atoms with Gasteiger partial charge in [0.05, 0.1) is 7.11 Å². The van der Waals surface area contributed by atoms with Crippen LogP contribution in [0.25, 0.3) is 0 Å². The third-order valence-corrected chi connectivity index (χ3v) is 3.06. The maximum atomic E-state index is 12.1. The average Bonchev–Trinajstić information content (AvgIpc) is 2.82. The first-order valence-corrected chi connectivity index (χ1v) is 6.37. The molecule has 106 valence electrons. The highest BCUT2D eigenvalue weighted by atomic mass is 16.5. The van der Waals surface area contributed by atoms with Crippen LogP contribution in [0.4, 0.5) is 0 Å². The fourth-order valence-electron chi connectivity index (χ4n) is 1.86. The lowest BCUT2D eigenvalue weighted by Gasteiger charge is -2.21. The lowest BCUT2D eigenvalue weighted by atomic mass is 10.1. The first-order chi connectivity index (χ1) is 8.99. The second-order valence-corrected chi connectivity index (χ2v) is 4.51. The summed E-state index contributed by atoms with van der Waals surface area (Å²) in [6, 6.07) is 3.78. The smallest absolute Gasteiger partial charge is 0.318 e. The van der Waals surface area contributed by atoms with Crippen molar-refractivity contribution in [3.8, 4) is 0 Å². The van der Waals surface area contributed by atoms with Gasteiger partial charge in [0.2, 0.25) is 5.91 Å². The number of carbonyl (C=O) groups excluding carboxylic acids is 2. The van der Waals surface area contributed by atoms with Crippen LogP contribution in [0, 0.1) is 12.8 Å². The molecule has 1 aromatic heterocycles. The topological polar surface area (TPSA) is 59.8 Å². The van der Waals surface area contributed by atoms with E-state index in [4.69, 9.17) is 4.42 Å². The molecule has 0 aliphatic carbocycles. The van der Waals surface area contributed by atoms with Gasteiger partial charge in [0, 0.05) is 20.0 Å². The van der Waals surface area contributed by atoms with Crippen molar-refractivity contribution in [1.29, 1.82) is 0 Å². The molecule has 1 unspecified atom stereocenters. The summed E-state index contributed by atoms with van der Waals surface area (Å²) in [7, 11) is 2.98. The normalized spacial score (nSPS) is 12.0. The molecule has 0 spiro atoms. The van der Waals surface area contributed by atoms with Gasteiger partial charge in [0.15, 0.2) is 0 Å². The molecule has 1 rings (SSSR count). The molecule has 0 N–H and O–H groups in total. The zero-order valence-corrected chi connectivity index (χ0v) is 11.9. The Bertz CT molecular complexity index is 438. The minimum Gasteiger partial charge on any atom is -0.468 e. The van der Waals surface area contributed by atoms with E-state index < -0.39 is 11.9 Å². The van der Waals surface area contributed by atoms with E-state index in [1.54, 1.807) is 18.9 Å². The molecule has 1 atom stereocenters. The molecular weight excluding hydrogens is 246 g/mol. The van der Waals surface area contributed by atoms with Gasteiger partial charge in [-0.25, -0.2) is 0 Å². The number of carbonyl (C=O) groups is 2. The van der Waals surface area contributed by atoms with Gasteiger partial charge in [-0.2, -0.15) is 0 Å². The monoisotopic (exact) mass is 267 g/mol. The minimum absolute atomic E-state index is 0.211. The molecule has 0 bridgehead atoms. The van der Waals surface area contributed by atoms with Crippen molar-refractivity contribution < 1.29 is 18.7 Å². The number of rotatable bonds is 6. The summed E-state index contributed by atoms with van der Waals surface area (Å²) in [4.78, 5) is 25.1. The molecule has 0 aliphatic heterocycles. The summed E-state index contributed by atoms with van der Waals surface area (Å²) in [6.07, 6.45) is 1.07. The molecule has 5 nitrogen and oxygen atoms in total. The Labute approximate surface area is 113 Å². The largest absolute Gasteiger partial charge is 0.468 e. The summed E-state index contributed by atoms with van der Waals surface area (Å²) < 4.78 is 10.1. The molecule has 1 aromatic rings. The van der Waals surface area contributed by atoms with Crippen LogP contribution in [0.3, 0.4) is 0 Å². The van der Waals surface area contributed by atoms with Gasteiger partial charge in [-0.1, -0.05) is 6.92 Å². The molecule has 5 heteroatoms. The van der Waals surface area contributed by atoms with Crippen molar-refractivity contribution in [2.45, 2.75) is 26.7 Å². The zero-order valence-electron chi connectivity index (χ0n) is 11.9. The third kappa shape index (κ3) is 4.12. The number of esters is 1. The van der Waals surface area contributed by atoms with Gasteiger partial charge in [-0.15, -0.1) is 0 Å². The molecule has 0 radical (unpaired) electrons. The van der Waals surface area contributed by atoms with Crippen LogP contribution in [0.2, 0.25) is 0 Å². The summed E-state index contributed by atoms with van der Waals surface area (Å²) in [5, 5.41) is 0. The highest BCUT2D eigenvalue weighted by Gasteiger charge is 2.28. The predicted octanol–water partition coefficient (Wildman–Crippen LogP) is 1.79. The second-order valence-electron chi connectivity index (χ2n) is 4.51. The van der Waals surface area contributed by atoms with Gasteiger partial charge >= 0.3 is 5.97 Å². The summed E-state index contributed by atoms with van der Waals surface area (Å²) in [5.74, 6) is 0.285. The maximum absolute atomic E-state index is 12.1. The lowest BCUT2D eigenvalue weighted by Crippen LogP contribution is -2.38. The number of amides is 1. The minimum atomic E-state index is -0.715. The molecule has 19 heavy (non-hydrogen) atoms. The van der Waals surface area contributed by atoms with E-state index in [1.165, 1.54) is 7.11 Å². The molecule has 0 saturated carbocycles. The SMILES string of the molecule is CCC(C(=O)OC)C(=O)N(C)CCc1ccc(C)o1. The Kier molecular flexibility index (Phi) is 5.60. The number of ether oxygens (including phenoxy) is 1. The third-order valence-electron chi connectivity index (χ3n) is 3.06. The van der Waals surface area contributed by atoms with E-state index in [-0.39, 0.29) is 5.91 Å². The van der Waals surface area contributed by atoms with E-state index in [9.17, 15) is 9.59 Å². The van der Waals surface area contributed by atoms with Gasteiger partial charge in [0.25, 0.3) is 0 Å². The van der Waals surface area contributed by atoms with Crippen LogP contribution in [-0.4, -0.2) is 37.5 Å². The van der Waals surface area contributed by atoms with Crippen LogP contribution >= 0.6 is 0 Å².